The first-order valence-corrected chi connectivity index (χ1v) is 9.72. The van der Waals surface area contributed by atoms with Crippen molar-refractivity contribution in [2.75, 3.05) is 13.7 Å². The van der Waals surface area contributed by atoms with Gasteiger partial charge in [0.1, 0.15) is 5.75 Å². The lowest BCUT2D eigenvalue weighted by atomic mass is 10.1. The third-order valence-corrected chi connectivity index (χ3v) is 4.86. The number of nitrogens with one attached hydrogen (secondary N) is 1. The molecule has 1 aliphatic rings. The van der Waals surface area contributed by atoms with E-state index >= 15 is 0 Å². The minimum Gasteiger partial charge on any atom is -0.493 e. The Labute approximate surface area is 169 Å². The zero-order chi connectivity index (χ0) is 20.6. The summed E-state index contributed by atoms with van der Waals surface area (Å²) < 4.78 is 40.4. The van der Waals surface area contributed by atoms with Crippen molar-refractivity contribution in [3.8, 4) is 17.2 Å². The van der Waals surface area contributed by atoms with Crippen molar-refractivity contribution in [3.05, 3.63) is 53.6 Å². The van der Waals surface area contributed by atoms with Gasteiger partial charge in [-0.25, -0.2) is 0 Å². The lowest BCUT2D eigenvalue weighted by molar-refractivity contribution is -0.0512. The Morgan fingerprint density at radius 2 is 1.83 bits per heavy atom. The highest BCUT2D eigenvalue weighted by Crippen LogP contribution is 2.29. The van der Waals surface area contributed by atoms with Crippen molar-refractivity contribution < 1.29 is 27.8 Å². The molecule has 0 aromatic heterocycles. The van der Waals surface area contributed by atoms with Gasteiger partial charge in [-0.1, -0.05) is 6.07 Å². The molecule has 1 fully saturated rings. The van der Waals surface area contributed by atoms with Crippen molar-refractivity contribution >= 4 is 5.91 Å². The van der Waals surface area contributed by atoms with E-state index in [9.17, 15) is 13.6 Å². The predicted molar refractivity (Wildman–Crippen MR) is 105 cm³/mol. The Morgan fingerprint density at radius 1 is 1.10 bits per heavy atom. The standard InChI is InChI=1S/C22H25F2NO4/c1-27-19-11-6-15(14-20(19)29-22(23)24)12-13-25-21(26)16-7-9-18(10-8-16)28-17-4-2-3-5-17/h6-11,14,17,22H,2-5,12-13H2,1H3,(H,25,26). The van der Waals surface area contributed by atoms with Crippen molar-refractivity contribution in [1.82, 2.24) is 5.32 Å². The van der Waals surface area contributed by atoms with Gasteiger partial charge in [-0.15, -0.1) is 0 Å². The Hall–Kier alpha value is -2.83. The molecular formula is C22H25F2NO4. The average molecular weight is 405 g/mol. The van der Waals surface area contributed by atoms with E-state index in [1.54, 1.807) is 24.3 Å². The Balaban J connectivity index is 1.50. The minimum absolute atomic E-state index is 0.0239. The number of carbonyl (C=O) groups is 1. The quantitative estimate of drug-likeness (QED) is 0.663. The maximum absolute atomic E-state index is 12.5. The van der Waals surface area contributed by atoms with E-state index in [4.69, 9.17) is 9.47 Å². The van der Waals surface area contributed by atoms with Gasteiger partial charge in [-0.2, -0.15) is 8.78 Å². The Morgan fingerprint density at radius 3 is 2.48 bits per heavy atom. The van der Waals surface area contributed by atoms with Crippen LogP contribution >= 0.6 is 0 Å². The van der Waals surface area contributed by atoms with Gasteiger partial charge >= 0.3 is 6.61 Å². The van der Waals surface area contributed by atoms with Crippen molar-refractivity contribution in [2.24, 2.45) is 0 Å². The zero-order valence-corrected chi connectivity index (χ0v) is 16.3. The highest BCUT2D eigenvalue weighted by atomic mass is 19.3. The van der Waals surface area contributed by atoms with Crippen molar-refractivity contribution in [1.29, 1.82) is 0 Å². The summed E-state index contributed by atoms with van der Waals surface area (Å²) >= 11 is 0. The number of methoxy groups -OCH3 is 1. The molecule has 1 saturated carbocycles. The number of halogens is 2. The lowest BCUT2D eigenvalue weighted by Crippen LogP contribution is -2.25. The number of amides is 1. The molecule has 156 valence electrons. The summed E-state index contributed by atoms with van der Waals surface area (Å²) in [7, 11) is 1.39. The number of hydrogen-bond donors (Lipinski definition) is 1. The van der Waals surface area contributed by atoms with Crippen LogP contribution in [0.25, 0.3) is 0 Å². The average Bonchev–Trinajstić information content (AvgIpc) is 3.21. The van der Waals surface area contributed by atoms with Gasteiger partial charge < -0.3 is 19.5 Å². The molecule has 0 spiro atoms. The third-order valence-electron chi connectivity index (χ3n) is 4.86. The Bertz CT molecular complexity index is 805. The van der Waals surface area contributed by atoms with E-state index in [-0.39, 0.29) is 23.5 Å². The number of benzene rings is 2. The van der Waals surface area contributed by atoms with Crippen LogP contribution < -0.4 is 19.5 Å². The minimum atomic E-state index is -2.93. The Kier molecular flexibility index (Phi) is 7.27. The number of alkyl halides is 2. The molecule has 0 unspecified atom stereocenters. The van der Waals surface area contributed by atoms with Crippen LogP contribution in [0.4, 0.5) is 8.78 Å². The maximum atomic E-state index is 12.5. The topological polar surface area (TPSA) is 56.8 Å². The second-order valence-corrected chi connectivity index (χ2v) is 6.92. The second-order valence-electron chi connectivity index (χ2n) is 6.92. The lowest BCUT2D eigenvalue weighted by Gasteiger charge is -2.13. The molecule has 1 amide bonds. The van der Waals surface area contributed by atoms with E-state index in [0.29, 0.717) is 18.5 Å². The smallest absolute Gasteiger partial charge is 0.387 e. The van der Waals surface area contributed by atoms with Crippen LogP contribution in [0, 0.1) is 0 Å². The van der Waals surface area contributed by atoms with Gasteiger partial charge in [0.2, 0.25) is 0 Å². The van der Waals surface area contributed by atoms with Crippen LogP contribution in [0.2, 0.25) is 0 Å². The normalized spacial score (nSPS) is 14.1. The molecule has 1 aliphatic carbocycles. The first kappa shape index (κ1) is 20.9. The monoisotopic (exact) mass is 405 g/mol. The molecule has 0 aliphatic heterocycles. The van der Waals surface area contributed by atoms with Crippen LogP contribution in [0.1, 0.15) is 41.6 Å². The molecule has 5 nitrogen and oxygen atoms in total. The molecule has 0 heterocycles. The number of carbonyl (C=O) groups excluding carboxylic acids is 1. The van der Waals surface area contributed by atoms with Crippen molar-refractivity contribution in [2.45, 2.75) is 44.8 Å². The van der Waals surface area contributed by atoms with Crippen LogP contribution in [-0.2, 0) is 6.42 Å². The summed E-state index contributed by atoms with van der Waals surface area (Å²) in [4.78, 5) is 12.3. The SMILES string of the molecule is COc1ccc(CCNC(=O)c2ccc(OC3CCCC3)cc2)cc1OC(F)F. The van der Waals surface area contributed by atoms with Gasteiger partial charge in [0.15, 0.2) is 11.5 Å². The first-order chi connectivity index (χ1) is 14.0. The van der Waals surface area contributed by atoms with Gasteiger partial charge in [-0.05, 0) is 74.1 Å². The van der Waals surface area contributed by atoms with Gasteiger partial charge in [0.25, 0.3) is 5.91 Å². The van der Waals surface area contributed by atoms with E-state index in [0.717, 1.165) is 24.2 Å². The molecule has 3 rings (SSSR count). The molecule has 0 radical (unpaired) electrons. The maximum Gasteiger partial charge on any atom is 0.387 e. The largest absolute Gasteiger partial charge is 0.493 e. The fraction of sp³-hybridized carbons (Fsp3) is 0.409. The molecule has 0 atom stereocenters. The van der Waals surface area contributed by atoms with Crippen molar-refractivity contribution in [3.63, 3.8) is 0 Å². The number of rotatable bonds is 9. The summed E-state index contributed by atoms with van der Waals surface area (Å²) in [6, 6.07) is 11.9. The number of hydrogen-bond acceptors (Lipinski definition) is 4. The zero-order valence-electron chi connectivity index (χ0n) is 16.3. The number of ether oxygens (including phenoxy) is 3. The highest BCUT2D eigenvalue weighted by molar-refractivity contribution is 5.94. The predicted octanol–water partition coefficient (Wildman–Crippen LogP) is 4.59. The van der Waals surface area contributed by atoms with E-state index < -0.39 is 6.61 Å². The molecule has 1 N–H and O–H groups in total. The second kappa shape index (κ2) is 10.1. The fourth-order valence-electron chi connectivity index (χ4n) is 3.37. The molecule has 29 heavy (non-hydrogen) atoms. The van der Waals surface area contributed by atoms with Gasteiger partial charge in [-0.3, -0.25) is 4.79 Å². The van der Waals surface area contributed by atoms with Gasteiger partial charge in [0, 0.05) is 12.1 Å². The summed E-state index contributed by atoms with van der Waals surface area (Å²) in [6.07, 6.45) is 5.32. The van der Waals surface area contributed by atoms with Crippen LogP contribution in [-0.4, -0.2) is 32.3 Å². The summed E-state index contributed by atoms with van der Waals surface area (Å²) in [5, 5.41) is 2.83. The van der Waals surface area contributed by atoms with Crippen LogP contribution in [0.3, 0.4) is 0 Å². The summed E-state index contributed by atoms with van der Waals surface area (Å²) in [5.74, 6) is 0.787. The molecule has 2 aromatic rings. The summed E-state index contributed by atoms with van der Waals surface area (Å²) in [6.45, 7) is -2.57. The summed E-state index contributed by atoms with van der Waals surface area (Å²) in [5.41, 5.74) is 1.29. The first-order valence-electron chi connectivity index (χ1n) is 9.72. The van der Waals surface area contributed by atoms with Crippen LogP contribution in [0.15, 0.2) is 42.5 Å². The van der Waals surface area contributed by atoms with Gasteiger partial charge in [0.05, 0.1) is 13.2 Å². The van der Waals surface area contributed by atoms with E-state index in [1.165, 1.54) is 26.0 Å². The molecule has 2 aromatic carbocycles. The fourth-order valence-corrected chi connectivity index (χ4v) is 3.37. The highest BCUT2D eigenvalue weighted by Gasteiger charge is 2.16. The molecule has 7 heteroatoms. The molecular weight excluding hydrogens is 380 g/mol. The van der Waals surface area contributed by atoms with Crippen LogP contribution in [0.5, 0.6) is 17.2 Å². The van der Waals surface area contributed by atoms with E-state index in [1.807, 2.05) is 12.1 Å². The van der Waals surface area contributed by atoms with E-state index in [2.05, 4.69) is 10.1 Å². The molecule has 0 saturated heterocycles. The third kappa shape index (κ3) is 6.07. The molecule has 0 bridgehead atoms.